The zero-order valence-electron chi connectivity index (χ0n) is 13.1. The Labute approximate surface area is 139 Å². The summed E-state index contributed by atoms with van der Waals surface area (Å²) in [5.74, 6) is -2.60. The molecule has 8 heteroatoms. The summed E-state index contributed by atoms with van der Waals surface area (Å²) in [7, 11) is 0. The predicted molar refractivity (Wildman–Crippen MR) is 85.3 cm³/mol. The monoisotopic (exact) mass is 332 g/mol. The van der Waals surface area contributed by atoms with Crippen LogP contribution in [-0.4, -0.2) is 36.7 Å². The van der Waals surface area contributed by atoms with Crippen molar-refractivity contribution >= 4 is 11.9 Å². The molecule has 2 aromatic rings. The molecule has 0 aliphatic heterocycles. The highest BCUT2D eigenvalue weighted by Gasteiger charge is 2.23. The molecule has 0 amide bonds. The van der Waals surface area contributed by atoms with Gasteiger partial charge in [-0.15, -0.1) is 0 Å². The Bertz CT molecular complexity index is 696. The Morgan fingerprint density at radius 2 is 2.04 bits per heavy atom. The molecule has 0 aliphatic rings. The average Bonchev–Trinajstić information content (AvgIpc) is 3.01. The maximum absolute atomic E-state index is 11.6. The number of carboxylic acids is 2. The summed E-state index contributed by atoms with van der Waals surface area (Å²) in [6, 6.07) is 3.59. The van der Waals surface area contributed by atoms with E-state index in [4.69, 9.17) is 10.8 Å². The van der Waals surface area contributed by atoms with Crippen LogP contribution in [0.3, 0.4) is 0 Å². The van der Waals surface area contributed by atoms with E-state index in [0.717, 1.165) is 11.3 Å². The Hall–Kier alpha value is -2.74. The lowest BCUT2D eigenvalue weighted by molar-refractivity contribution is -0.139. The second-order valence-corrected chi connectivity index (χ2v) is 5.49. The van der Waals surface area contributed by atoms with E-state index < -0.39 is 17.9 Å². The molecule has 0 radical (unpaired) electrons. The van der Waals surface area contributed by atoms with Gasteiger partial charge in [-0.1, -0.05) is 6.07 Å². The van der Waals surface area contributed by atoms with Crippen LogP contribution >= 0.6 is 0 Å². The third-order valence-corrected chi connectivity index (χ3v) is 3.65. The molecule has 8 nitrogen and oxygen atoms in total. The van der Waals surface area contributed by atoms with Crippen LogP contribution in [0, 0.1) is 0 Å². The minimum Gasteiger partial charge on any atom is -0.481 e. The van der Waals surface area contributed by atoms with E-state index >= 15 is 0 Å². The first-order valence-corrected chi connectivity index (χ1v) is 7.59. The zero-order valence-corrected chi connectivity index (χ0v) is 13.1. The summed E-state index contributed by atoms with van der Waals surface area (Å²) in [5, 5.41) is 18.1. The number of nitrogens with two attached hydrogens (primary N) is 1. The molecule has 2 aromatic heterocycles. The van der Waals surface area contributed by atoms with E-state index in [2.05, 4.69) is 9.97 Å². The molecular formula is C16H20N4O4. The molecule has 0 aromatic carbocycles. The van der Waals surface area contributed by atoms with Gasteiger partial charge in [-0.2, -0.15) is 0 Å². The third-order valence-electron chi connectivity index (χ3n) is 3.65. The number of imidazole rings is 1. The first-order valence-electron chi connectivity index (χ1n) is 7.59. The second-order valence-electron chi connectivity index (χ2n) is 5.49. The summed E-state index contributed by atoms with van der Waals surface area (Å²) in [5.41, 5.74) is 7.48. The summed E-state index contributed by atoms with van der Waals surface area (Å²) in [6.07, 6.45) is 5.62. The van der Waals surface area contributed by atoms with Crippen molar-refractivity contribution in [2.45, 2.75) is 38.3 Å². The van der Waals surface area contributed by atoms with E-state index in [9.17, 15) is 14.7 Å². The topological polar surface area (TPSA) is 131 Å². The highest BCUT2D eigenvalue weighted by Crippen LogP contribution is 2.20. The number of pyridine rings is 1. The molecule has 1 unspecified atom stereocenters. The second kappa shape index (κ2) is 8.21. The number of nitrogens with zero attached hydrogens (tertiary/aromatic N) is 3. The number of carboxylic acid groups (broad SMARTS) is 2. The quantitative estimate of drug-likeness (QED) is 0.624. The number of aryl methyl sites for hydroxylation is 1. The molecule has 0 saturated carbocycles. The van der Waals surface area contributed by atoms with Crippen molar-refractivity contribution in [3.8, 4) is 0 Å². The SMILES string of the molecule is NCc1ccc(CC(C(=O)O)c2cn(CCCC(=O)O)cn2)cn1. The molecular weight excluding hydrogens is 312 g/mol. The summed E-state index contributed by atoms with van der Waals surface area (Å²) >= 11 is 0. The lowest BCUT2D eigenvalue weighted by Gasteiger charge is -2.10. The lowest BCUT2D eigenvalue weighted by Crippen LogP contribution is -2.15. The van der Waals surface area contributed by atoms with Gasteiger partial charge in [-0.3, -0.25) is 14.6 Å². The molecule has 0 spiro atoms. The predicted octanol–water partition coefficient (Wildman–Crippen LogP) is 1.01. The van der Waals surface area contributed by atoms with E-state index in [1.54, 1.807) is 23.0 Å². The summed E-state index contributed by atoms with van der Waals surface area (Å²) in [4.78, 5) is 30.4. The first kappa shape index (κ1) is 17.6. The Morgan fingerprint density at radius 1 is 1.25 bits per heavy atom. The fourth-order valence-electron chi connectivity index (χ4n) is 2.34. The molecule has 0 bridgehead atoms. The van der Waals surface area contributed by atoms with Gasteiger partial charge in [0, 0.05) is 31.9 Å². The average molecular weight is 332 g/mol. The van der Waals surface area contributed by atoms with Crippen LogP contribution in [0.15, 0.2) is 30.9 Å². The minimum absolute atomic E-state index is 0.0645. The summed E-state index contributed by atoms with van der Waals surface area (Å²) in [6.45, 7) is 0.821. The summed E-state index contributed by atoms with van der Waals surface area (Å²) < 4.78 is 1.71. The van der Waals surface area contributed by atoms with Gasteiger partial charge in [0.15, 0.2) is 0 Å². The third kappa shape index (κ3) is 4.88. The smallest absolute Gasteiger partial charge is 0.312 e. The fourth-order valence-corrected chi connectivity index (χ4v) is 2.34. The molecule has 0 aliphatic carbocycles. The Balaban J connectivity index is 2.05. The lowest BCUT2D eigenvalue weighted by atomic mass is 9.97. The normalized spacial score (nSPS) is 12.0. The van der Waals surface area contributed by atoms with Gasteiger partial charge in [0.1, 0.15) is 5.92 Å². The van der Waals surface area contributed by atoms with Crippen LogP contribution in [0.2, 0.25) is 0 Å². The number of aliphatic carboxylic acids is 2. The molecule has 0 fully saturated rings. The van der Waals surface area contributed by atoms with Crippen LogP contribution in [-0.2, 0) is 29.1 Å². The van der Waals surface area contributed by atoms with Crippen molar-refractivity contribution < 1.29 is 19.8 Å². The van der Waals surface area contributed by atoms with Crippen LogP contribution in [0.1, 0.15) is 35.7 Å². The van der Waals surface area contributed by atoms with E-state index in [0.29, 0.717) is 25.2 Å². The molecule has 2 heterocycles. The van der Waals surface area contributed by atoms with Crippen molar-refractivity contribution in [3.63, 3.8) is 0 Å². The first-order chi connectivity index (χ1) is 11.5. The highest BCUT2D eigenvalue weighted by molar-refractivity contribution is 5.75. The Kier molecular flexibility index (Phi) is 6.02. The fraction of sp³-hybridized carbons (Fsp3) is 0.375. The van der Waals surface area contributed by atoms with Crippen molar-refractivity contribution in [2.24, 2.45) is 5.73 Å². The largest absolute Gasteiger partial charge is 0.481 e. The van der Waals surface area contributed by atoms with Gasteiger partial charge < -0.3 is 20.5 Å². The molecule has 4 N–H and O–H groups in total. The van der Waals surface area contributed by atoms with Gasteiger partial charge in [0.25, 0.3) is 0 Å². The van der Waals surface area contributed by atoms with Gasteiger partial charge in [0.2, 0.25) is 0 Å². The minimum atomic E-state index is -0.964. The van der Waals surface area contributed by atoms with Gasteiger partial charge in [-0.25, -0.2) is 4.98 Å². The molecule has 2 rings (SSSR count). The zero-order chi connectivity index (χ0) is 17.5. The van der Waals surface area contributed by atoms with Crippen molar-refractivity contribution in [2.75, 3.05) is 0 Å². The standard InChI is InChI=1S/C16H20N4O4/c17-7-12-4-3-11(8-18-12)6-13(16(23)24)14-9-20(10-19-14)5-1-2-15(21)22/h3-4,8-10,13H,1-2,5-7,17H2,(H,21,22)(H,23,24). The maximum Gasteiger partial charge on any atom is 0.312 e. The Morgan fingerprint density at radius 3 is 2.62 bits per heavy atom. The van der Waals surface area contributed by atoms with Crippen LogP contribution in [0.25, 0.3) is 0 Å². The van der Waals surface area contributed by atoms with Crippen molar-refractivity contribution in [3.05, 3.63) is 47.8 Å². The van der Waals surface area contributed by atoms with Crippen LogP contribution in [0.4, 0.5) is 0 Å². The molecule has 128 valence electrons. The van der Waals surface area contributed by atoms with E-state index in [-0.39, 0.29) is 12.8 Å². The van der Waals surface area contributed by atoms with E-state index in [1.165, 1.54) is 6.33 Å². The molecule has 0 saturated heterocycles. The molecule has 1 atom stereocenters. The van der Waals surface area contributed by atoms with E-state index in [1.807, 2.05) is 6.07 Å². The number of carbonyl (C=O) groups is 2. The highest BCUT2D eigenvalue weighted by atomic mass is 16.4. The van der Waals surface area contributed by atoms with Gasteiger partial charge in [-0.05, 0) is 24.5 Å². The van der Waals surface area contributed by atoms with Crippen LogP contribution < -0.4 is 5.73 Å². The number of hydrogen-bond donors (Lipinski definition) is 3. The van der Waals surface area contributed by atoms with Gasteiger partial charge >= 0.3 is 11.9 Å². The molecule has 24 heavy (non-hydrogen) atoms. The number of rotatable bonds is 9. The number of hydrogen-bond acceptors (Lipinski definition) is 5. The number of aromatic nitrogens is 3. The van der Waals surface area contributed by atoms with Crippen molar-refractivity contribution in [1.82, 2.24) is 14.5 Å². The maximum atomic E-state index is 11.6. The van der Waals surface area contributed by atoms with Gasteiger partial charge in [0.05, 0.1) is 17.7 Å². The van der Waals surface area contributed by atoms with Crippen molar-refractivity contribution in [1.29, 1.82) is 0 Å². The van der Waals surface area contributed by atoms with Crippen LogP contribution in [0.5, 0.6) is 0 Å².